The van der Waals surface area contributed by atoms with Crippen molar-refractivity contribution in [2.24, 2.45) is 11.7 Å². The molecule has 1 aromatic carbocycles. The van der Waals surface area contributed by atoms with Crippen LogP contribution in [-0.4, -0.2) is 35.8 Å². The first-order valence-electron chi connectivity index (χ1n) is 10.1. The lowest BCUT2D eigenvalue weighted by Crippen LogP contribution is -3.00. The van der Waals surface area contributed by atoms with Gasteiger partial charge in [-0.2, -0.15) is 0 Å². The largest absolute Gasteiger partial charge is 1.00 e. The lowest BCUT2D eigenvalue weighted by atomic mass is 9.94. The molecule has 0 radical (unpaired) electrons. The van der Waals surface area contributed by atoms with Crippen molar-refractivity contribution in [1.82, 2.24) is 0 Å². The zero-order chi connectivity index (χ0) is 21.3. The van der Waals surface area contributed by atoms with Gasteiger partial charge < -0.3 is 22.6 Å². The number of halogens is 2. The highest BCUT2D eigenvalue weighted by Crippen LogP contribution is 2.37. The lowest BCUT2D eigenvalue weighted by Gasteiger charge is -2.44. The number of thiophene rings is 1. The number of ketones is 1. The minimum atomic E-state index is -0.412. The summed E-state index contributed by atoms with van der Waals surface area (Å²) < 4.78 is 0.960. The summed E-state index contributed by atoms with van der Waals surface area (Å²) in [5, 5.41) is 0.653. The summed E-state index contributed by atoms with van der Waals surface area (Å²) in [6.45, 7) is 8.70. The van der Waals surface area contributed by atoms with Crippen LogP contribution in [0.4, 0.5) is 0 Å². The van der Waals surface area contributed by atoms with Crippen molar-refractivity contribution in [1.29, 1.82) is 0 Å². The fraction of sp³-hybridized carbons (Fsp3) is 0.500. The molecule has 1 amide bonds. The SMILES string of the molecule is C.CC(C)C(C)[N+]1(C)CCc2c(sc(CC(=O)Cc3ccc(Cl)cc3)c2C(N)=O)C1.[Cl-]. The molecule has 172 valence electrons. The van der Waals surface area contributed by atoms with Crippen LogP contribution >= 0.6 is 22.9 Å². The minimum absolute atomic E-state index is 0. The number of primary amides is 1. The number of fused-ring (bicyclic) bond motifs is 1. The number of likely N-dealkylation sites (N-methyl/N-ethyl adjacent to an activating group) is 1. The van der Waals surface area contributed by atoms with E-state index in [1.807, 2.05) is 12.1 Å². The van der Waals surface area contributed by atoms with Crippen LogP contribution in [0.15, 0.2) is 24.3 Å². The first-order chi connectivity index (χ1) is 13.6. The van der Waals surface area contributed by atoms with Gasteiger partial charge in [-0.05, 0) is 30.2 Å². The number of Topliss-reactive ketones (excluding diaryl/α,β-unsaturated/α-hetero) is 1. The third-order valence-corrected chi connectivity index (χ3v) is 7.88. The number of carbonyl (C=O) groups excluding carboxylic acids is 2. The van der Waals surface area contributed by atoms with Crippen LogP contribution in [0.2, 0.25) is 5.02 Å². The van der Waals surface area contributed by atoms with Crippen molar-refractivity contribution < 1.29 is 26.5 Å². The van der Waals surface area contributed by atoms with Gasteiger partial charge in [-0.15, -0.1) is 11.3 Å². The maximum absolute atomic E-state index is 12.7. The number of nitrogens with two attached hydrogens (primary N) is 1. The van der Waals surface area contributed by atoms with Gasteiger partial charge in [-0.25, -0.2) is 0 Å². The number of carbonyl (C=O) groups is 2. The quantitative estimate of drug-likeness (QED) is 0.611. The molecule has 1 aliphatic rings. The van der Waals surface area contributed by atoms with E-state index in [9.17, 15) is 9.59 Å². The molecule has 0 saturated carbocycles. The second-order valence-electron chi connectivity index (χ2n) is 8.78. The fourth-order valence-electron chi connectivity index (χ4n) is 4.29. The molecule has 7 heteroatoms. The van der Waals surface area contributed by atoms with Gasteiger partial charge in [-0.1, -0.05) is 45.0 Å². The zero-order valence-corrected chi connectivity index (χ0v) is 20.3. The second-order valence-corrected chi connectivity index (χ2v) is 10.4. The van der Waals surface area contributed by atoms with Crippen LogP contribution in [0, 0.1) is 5.92 Å². The normalized spacial score (nSPS) is 18.5. The molecule has 3 rings (SSSR count). The van der Waals surface area contributed by atoms with Crippen LogP contribution in [0.25, 0.3) is 0 Å². The van der Waals surface area contributed by atoms with Crippen LogP contribution in [-0.2, 0) is 30.6 Å². The molecule has 2 aromatic rings. The molecule has 2 heterocycles. The average molecular weight is 486 g/mol. The van der Waals surface area contributed by atoms with Crippen LogP contribution < -0.4 is 18.1 Å². The van der Waals surface area contributed by atoms with E-state index < -0.39 is 5.91 Å². The molecule has 2 unspecified atom stereocenters. The van der Waals surface area contributed by atoms with Crippen molar-refractivity contribution in [2.45, 2.75) is 60.0 Å². The van der Waals surface area contributed by atoms with Crippen molar-refractivity contribution in [3.05, 3.63) is 55.7 Å². The Bertz CT molecular complexity index is 924. The van der Waals surface area contributed by atoms with E-state index in [0.717, 1.165) is 40.0 Å². The van der Waals surface area contributed by atoms with Crippen molar-refractivity contribution in [2.75, 3.05) is 13.6 Å². The Kier molecular flexibility index (Phi) is 9.76. The summed E-state index contributed by atoms with van der Waals surface area (Å²) in [7, 11) is 2.29. The van der Waals surface area contributed by atoms with Gasteiger partial charge in [0.25, 0.3) is 0 Å². The van der Waals surface area contributed by atoms with Crippen molar-refractivity contribution in [3.8, 4) is 0 Å². The predicted molar refractivity (Wildman–Crippen MR) is 126 cm³/mol. The first-order valence-corrected chi connectivity index (χ1v) is 11.3. The molecule has 0 spiro atoms. The lowest BCUT2D eigenvalue weighted by molar-refractivity contribution is -0.949. The number of rotatable bonds is 7. The maximum Gasteiger partial charge on any atom is 0.250 e. The van der Waals surface area contributed by atoms with Crippen LogP contribution in [0.5, 0.6) is 0 Å². The molecule has 2 atom stereocenters. The van der Waals surface area contributed by atoms with Crippen molar-refractivity contribution >= 4 is 34.6 Å². The van der Waals surface area contributed by atoms with E-state index >= 15 is 0 Å². The summed E-state index contributed by atoms with van der Waals surface area (Å²) in [4.78, 5) is 27.0. The van der Waals surface area contributed by atoms with Gasteiger partial charge in [0.05, 0.1) is 30.1 Å². The molecule has 31 heavy (non-hydrogen) atoms. The highest BCUT2D eigenvalue weighted by atomic mass is 35.5. The highest BCUT2D eigenvalue weighted by molar-refractivity contribution is 7.12. The molecule has 4 nitrogen and oxygen atoms in total. The van der Waals surface area contributed by atoms with E-state index in [1.54, 1.807) is 23.5 Å². The predicted octanol–water partition coefficient (Wildman–Crippen LogP) is 2.04. The number of amides is 1. The average Bonchev–Trinajstić information content (AvgIpc) is 2.99. The summed E-state index contributed by atoms with van der Waals surface area (Å²) in [5.74, 6) is 0.253. The fourth-order valence-corrected chi connectivity index (χ4v) is 5.95. The topological polar surface area (TPSA) is 60.2 Å². The summed E-state index contributed by atoms with van der Waals surface area (Å²) >= 11 is 7.52. The summed E-state index contributed by atoms with van der Waals surface area (Å²) in [5.41, 5.74) is 8.34. The van der Waals surface area contributed by atoms with Gasteiger partial charge in [-0.3, -0.25) is 9.59 Å². The van der Waals surface area contributed by atoms with Gasteiger partial charge >= 0.3 is 0 Å². The van der Waals surface area contributed by atoms with E-state index in [2.05, 4.69) is 27.8 Å². The van der Waals surface area contributed by atoms with Gasteiger partial charge in [0.2, 0.25) is 5.91 Å². The second kappa shape index (κ2) is 11.0. The molecule has 1 aliphatic heterocycles. The van der Waals surface area contributed by atoms with Gasteiger partial charge in [0.1, 0.15) is 12.3 Å². The molecule has 0 fully saturated rings. The number of hydrogen-bond acceptors (Lipinski definition) is 3. The number of hydrogen-bond donors (Lipinski definition) is 1. The third-order valence-electron chi connectivity index (χ3n) is 6.41. The first kappa shape index (κ1) is 27.6. The van der Waals surface area contributed by atoms with Gasteiger partial charge in [0.15, 0.2) is 0 Å². The molecular formula is C24H34Cl2N2O2S. The minimum Gasteiger partial charge on any atom is -1.00 e. The Morgan fingerprint density at radius 2 is 1.77 bits per heavy atom. The van der Waals surface area contributed by atoms with E-state index in [0.29, 0.717) is 29.0 Å². The Morgan fingerprint density at radius 3 is 2.32 bits per heavy atom. The Morgan fingerprint density at radius 1 is 1.16 bits per heavy atom. The van der Waals surface area contributed by atoms with E-state index in [4.69, 9.17) is 17.3 Å². The Hall–Kier alpha value is -1.40. The van der Waals surface area contributed by atoms with E-state index in [-0.39, 0.29) is 32.0 Å². The molecule has 0 saturated heterocycles. The monoisotopic (exact) mass is 484 g/mol. The van der Waals surface area contributed by atoms with Gasteiger partial charge in [0, 0.05) is 35.1 Å². The van der Waals surface area contributed by atoms with Crippen LogP contribution in [0.1, 0.15) is 59.4 Å². The molecular weight excluding hydrogens is 451 g/mol. The number of nitrogens with zero attached hydrogens (tertiary/aromatic N) is 1. The standard InChI is InChI=1S/C23H29ClN2O2S.CH4.ClH/c1-14(2)15(3)26(4)10-9-19-21(13-26)29-20(22(19)23(25)28)12-18(27)11-16-5-7-17(24)8-6-16;;/h5-8,14-15H,9-13H2,1-4H3,(H-,25,28);1H4;1H. The molecule has 2 N–H and O–H groups in total. The Balaban J connectivity index is 0.00000240. The smallest absolute Gasteiger partial charge is 0.250 e. The summed E-state index contributed by atoms with van der Waals surface area (Å²) in [6, 6.07) is 7.84. The Labute approximate surface area is 201 Å². The molecule has 0 bridgehead atoms. The zero-order valence-electron chi connectivity index (χ0n) is 18.0. The number of benzene rings is 1. The summed E-state index contributed by atoms with van der Waals surface area (Å²) in [6.07, 6.45) is 1.42. The molecule has 1 aromatic heterocycles. The third kappa shape index (κ3) is 6.10. The maximum atomic E-state index is 12.7. The molecule has 0 aliphatic carbocycles. The number of quaternary nitrogens is 1. The van der Waals surface area contributed by atoms with Crippen LogP contribution in [0.3, 0.4) is 0 Å². The van der Waals surface area contributed by atoms with Crippen molar-refractivity contribution in [3.63, 3.8) is 0 Å². The highest BCUT2D eigenvalue weighted by Gasteiger charge is 2.38. The van der Waals surface area contributed by atoms with E-state index in [1.165, 1.54) is 4.88 Å².